The Balaban J connectivity index is 0.00000210. The maximum Gasteiger partial charge on any atom is 0.228 e. The van der Waals surface area contributed by atoms with Crippen molar-refractivity contribution in [3.8, 4) is 0 Å². The van der Waals surface area contributed by atoms with Crippen molar-refractivity contribution in [2.75, 3.05) is 31.5 Å². The Hall–Kier alpha value is -1.37. The van der Waals surface area contributed by atoms with Crippen molar-refractivity contribution in [2.24, 2.45) is 17.8 Å². The number of hydrogen-bond acceptors (Lipinski definition) is 4. The summed E-state index contributed by atoms with van der Waals surface area (Å²) in [6.45, 7) is 7.65. The van der Waals surface area contributed by atoms with Gasteiger partial charge >= 0.3 is 0 Å². The number of carbonyl (C=O) groups is 2. The summed E-state index contributed by atoms with van der Waals surface area (Å²) >= 11 is 0. The van der Waals surface area contributed by atoms with E-state index in [1.807, 2.05) is 24.0 Å². The van der Waals surface area contributed by atoms with Crippen LogP contribution in [0, 0.1) is 24.7 Å². The van der Waals surface area contributed by atoms with E-state index in [2.05, 4.69) is 22.5 Å². The highest BCUT2D eigenvalue weighted by Crippen LogP contribution is 2.25. The molecule has 3 rings (SSSR count). The molecule has 0 aliphatic carbocycles. The maximum absolute atomic E-state index is 12.6. The minimum Gasteiger partial charge on any atom is -0.343 e. The zero-order valence-corrected chi connectivity index (χ0v) is 19.0. The molecule has 2 aliphatic heterocycles. The van der Waals surface area contributed by atoms with Gasteiger partial charge in [0.15, 0.2) is 0 Å². The van der Waals surface area contributed by atoms with Crippen molar-refractivity contribution in [1.82, 2.24) is 15.2 Å². The van der Waals surface area contributed by atoms with E-state index in [4.69, 9.17) is 0 Å². The van der Waals surface area contributed by atoms with Gasteiger partial charge in [0.25, 0.3) is 0 Å². The number of anilines is 1. The molecule has 2 aliphatic rings. The summed E-state index contributed by atoms with van der Waals surface area (Å²) in [5, 5.41) is 6.33. The van der Waals surface area contributed by atoms with Crippen molar-refractivity contribution < 1.29 is 9.59 Å². The number of pyridine rings is 1. The van der Waals surface area contributed by atoms with E-state index in [-0.39, 0.29) is 42.5 Å². The Bertz CT molecular complexity index is 643. The van der Waals surface area contributed by atoms with Crippen LogP contribution in [-0.2, 0) is 9.59 Å². The molecule has 8 heteroatoms. The van der Waals surface area contributed by atoms with Crippen molar-refractivity contribution in [2.45, 2.75) is 46.0 Å². The number of nitrogens with one attached hydrogen (secondary N) is 2. The molecule has 2 atom stereocenters. The van der Waals surface area contributed by atoms with E-state index < -0.39 is 0 Å². The van der Waals surface area contributed by atoms with Gasteiger partial charge in [0.05, 0.1) is 0 Å². The third-order valence-electron chi connectivity index (χ3n) is 6.02. The molecule has 3 heterocycles. The van der Waals surface area contributed by atoms with Crippen LogP contribution >= 0.6 is 24.8 Å². The largest absolute Gasteiger partial charge is 0.343 e. The molecule has 2 amide bonds. The first-order valence-electron chi connectivity index (χ1n) is 10.2. The topological polar surface area (TPSA) is 74.3 Å². The number of hydrogen-bond donors (Lipinski definition) is 2. The molecule has 2 saturated heterocycles. The molecule has 164 valence electrons. The monoisotopic (exact) mass is 444 g/mol. The van der Waals surface area contributed by atoms with Crippen molar-refractivity contribution in [3.05, 3.63) is 23.9 Å². The first-order valence-corrected chi connectivity index (χ1v) is 10.2. The predicted octanol–water partition coefficient (Wildman–Crippen LogP) is 3.44. The molecule has 6 nitrogen and oxygen atoms in total. The van der Waals surface area contributed by atoms with Crippen LogP contribution in [0.2, 0.25) is 0 Å². The molecule has 2 N–H and O–H groups in total. The average Bonchev–Trinajstić information content (AvgIpc) is 2.70. The lowest BCUT2D eigenvalue weighted by atomic mass is 9.85. The van der Waals surface area contributed by atoms with Gasteiger partial charge in [-0.15, -0.1) is 24.8 Å². The fraction of sp³-hybridized carbons (Fsp3) is 0.667. The van der Waals surface area contributed by atoms with Crippen LogP contribution in [0.4, 0.5) is 5.82 Å². The fourth-order valence-corrected chi connectivity index (χ4v) is 4.10. The number of likely N-dealkylation sites (tertiary alicyclic amines) is 1. The van der Waals surface area contributed by atoms with E-state index in [1.54, 1.807) is 6.20 Å². The van der Waals surface area contributed by atoms with E-state index in [9.17, 15) is 9.59 Å². The minimum absolute atomic E-state index is 0. The molecular formula is C21H34Cl2N4O2. The van der Waals surface area contributed by atoms with E-state index >= 15 is 0 Å². The summed E-state index contributed by atoms with van der Waals surface area (Å²) in [6.07, 6.45) is 6.25. The molecule has 29 heavy (non-hydrogen) atoms. The summed E-state index contributed by atoms with van der Waals surface area (Å²) < 4.78 is 0. The SMILES string of the molecule is Cc1ccc(NC(=O)C2CCN(C(=O)CC(C)C3CCCNC3)CC2)nc1.Cl.Cl. The Labute approximate surface area is 186 Å². The van der Waals surface area contributed by atoms with Gasteiger partial charge in [-0.3, -0.25) is 9.59 Å². The number of aryl methyl sites for hydroxylation is 1. The summed E-state index contributed by atoms with van der Waals surface area (Å²) in [7, 11) is 0. The highest BCUT2D eigenvalue weighted by molar-refractivity contribution is 5.91. The Kier molecular flexibility index (Phi) is 10.9. The summed E-state index contributed by atoms with van der Waals surface area (Å²) in [4.78, 5) is 31.3. The number of carbonyl (C=O) groups excluding carboxylic acids is 2. The molecule has 0 radical (unpaired) electrons. The lowest BCUT2D eigenvalue weighted by Gasteiger charge is -2.33. The van der Waals surface area contributed by atoms with Crippen molar-refractivity contribution >= 4 is 42.4 Å². The number of halogens is 2. The third kappa shape index (κ3) is 7.43. The second-order valence-corrected chi connectivity index (χ2v) is 8.15. The number of amides is 2. The average molecular weight is 445 g/mol. The van der Waals surface area contributed by atoms with Gasteiger partial charge in [-0.1, -0.05) is 13.0 Å². The summed E-state index contributed by atoms with van der Waals surface area (Å²) in [5.74, 6) is 1.83. The quantitative estimate of drug-likeness (QED) is 0.728. The predicted molar refractivity (Wildman–Crippen MR) is 121 cm³/mol. The molecule has 0 spiro atoms. The fourth-order valence-electron chi connectivity index (χ4n) is 4.10. The maximum atomic E-state index is 12.6. The van der Waals surface area contributed by atoms with Crippen LogP contribution in [0.1, 0.15) is 44.6 Å². The van der Waals surface area contributed by atoms with Crippen LogP contribution < -0.4 is 10.6 Å². The van der Waals surface area contributed by atoms with Crippen LogP contribution in [0.25, 0.3) is 0 Å². The molecule has 2 fully saturated rings. The third-order valence-corrected chi connectivity index (χ3v) is 6.02. The molecule has 1 aromatic heterocycles. The molecule has 0 aromatic carbocycles. The van der Waals surface area contributed by atoms with Crippen LogP contribution in [0.15, 0.2) is 18.3 Å². The van der Waals surface area contributed by atoms with E-state index in [0.717, 1.165) is 31.5 Å². The summed E-state index contributed by atoms with van der Waals surface area (Å²) in [6, 6.07) is 3.76. The van der Waals surface area contributed by atoms with E-state index in [1.165, 1.54) is 12.8 Å². The lowest BCUT2D eigenvalue weighted by molar-refractivity contribution is -0.135. The Morgan fingerprint density at radius 3 is 2.55 bits per heavy atom. The van der Waals surface area contributed by atoms with Crippen molar-refractivity contribution in [1.29, 1.82) is 0 Å². The zero-order valence-electron chi connectivity index (χ0n) is 17.4. The zero-order chi connectivity index (χ0) is 19.2. The normalized spacial score (nSPS) is 20.8. The van der Waals surface area contributed by atoms with Gasteiger partial charge in [0.1, 0.15) is 5.82 Å². The van der Waals surface area contributed by atoms with Crippen molar-refractivity contribution in [3.63, 3.8) is 0 Å². The minimum atomic E-state index is -0.0443. The first kappa shape index (κ1) is 25.7. The molecule has 2 unspecified atom stereocenters. The van der Waals surface area contributed by atoms with Crippen LogP contribution in [-0.4, -0.2) is 47.9 Å². The number of aromatic nitrogens is 1. The van der Waals surface area contributed by atoms with Gasteiger partial charge in [-0.05, 0) is 69.2 Å². The Morgan fingerprint density at radius 1 is 1.24 bits per heavy atom. The second kappa shape index (κ2) is 12.4. The standard InChI is InChI=1S/C21H32N4O2.2ClH/c1-15-5-6-19(23-13-15)24-21(27)17-7-10-25(11-8-17)20(26)12-16(2)18-4-3-9-22-14-18;;/h5-6,13,16-18,22H,3-4,7-12,14H2,1-2H3,(H,23,24,27);2*1H. The van der Waals surface area contributed by atoms with E-state index in [0.29, 0.717) is 37.2 Å². The second-order valence-electron chi connectivity index (χ2n) is 8.15. The Morgan fingerprint density at radius 2 is 1.97 bits per heavy atom. The molecular weight excluding hydrogens is 411 g/mol. The summed E-state index contributed by atoms with van der Waals surface area (Å²) in [5.41, 5.74) is 1.07. The van der Waals surface area contributed by atoms with Gasteiger partial charge in [0.2, 0.25) is 11.8 Å². The van der Waals surface area contributed by atoms with Gasteiger partial charge in [0, 0.05) is 31.6 Å². The smallest absolute Gasteiger partial charge is 0.228 e. The lowest BCUT2D eigenvalue weighted by Crippen LogP contribution is -2.43. The van der Waals surface area contributed by atoms with Crippen LogP contribution in [0.5, 0.6) is 0 Å². The highest BCUT2D eigenvalue weighted by atomic mass is 35.5. The molecule has 0 saturated carbocycles. The first-order chi connectivity index (χ1) is 13.0. The number of piperidine rings is 2. The number of nitrogens with zero attached hydrogens (tertiary/aromatic N) is 2. The molecule has 1 aromatic rings. The van der Waals surface area contributed by atoms with Gasteiger partial charge < -0.3 is 15.5 Å². The highest BCUT2D eigenvalue weighted by Gasteiger charge is 2.29. The van der Waals surface area contributed by atoms with Crippen LogP contribution in [0.3, 0.4) is 0 Å². The number of rotatable bonds is 5. The van der Waals surface area contributed by atoms with Gasteiger partial charge in [-0.25, -0.2) is 4.98 Å². The van der Waals surface area contributed by atoms with Gasteiger partial charge in [-0.2, -0.15) is 0 Å². The molecule has 0 bridgehead atoms.